The minimum Gasteiger partial charge on any atom is -0.338 e. The van der Waals surface area contributed by atoms with Crippen LogP contribution in [0.15, 0.2) is 0 Å². The van der Waals surface area contributed by atoms with Gasteiger partial charge in [-0.25, -0.2) is 0 Å². The van der Waals surface area contributed by atoms with Crippen molar-refractivity contribution in [1.82, 2.24) is 5.32 Å². The van der Waals surface area contributed by atoms with Crippen LogP contribution in [0.5, 0.6) is 0 Å². The Hall–Kier alpha value is 0.180. The zero-order valence-electron chi connectivity index (χ0n) is 9.29. The first-order valence-electron chi connectivity index (χ1n) is 5.45. The normalized spacial score (nSPS) is 19.9. The monoisotopic (exact) mass is 219 g/mol. The van der Waals surface area contributed by atoms with E-state index >= 15 is 0 Å². The standard InChI is InChI=1S/C10H22NO2P/c1-4-12-14(3,13-5-2)10-6-8-11-9-7-10/h10-11H,3-9H2,1-2H3. The molecule has 0 radical (unpaired) electrons. The van der Waals surface area contributed by atoms with Gasteiger partial charge in [0, 0.05) is 5.66 Å². The molecule has 14 heavy (non-hydrogen) atoms. The van der Waals surface area contributed by atoms with E-state index in [0.717, 1.165) is 25.9 Å². The molecule has 1 saturated heterocycles. The molecule has 1 rings (SSSR count). The van der Waals surface area contributed by atoms with Gasteiger partial charge in [-0.3, -0.25) is 0 Å². The van der Waals surface area contributed by atoms with Crippen molar-refractivity contribution in [3.63, 3.8) is 0 Å². The highest BCUT2D eigenvalue weighted by molar-refractivity contribution is 7.65. The van der Waals surface area contributed by atoms with Crippen LogP contribution in [0.1, 0.15) is 26.7 Å². The quantitative estimate of drug-likeness (QED) is 0.718. The second-order valence-corrected chi connectivity index (χ2v) is 6.24. The molecular weight excluding hydrogens is 197 g/mol. The summed E-state index contributed by atoms with van der Waals surface area (Å²) in [5.41, 5.74) is 0.531. The molecule has 0 aliphatic carbocycles. The summed E-state index contributed by atoms with van der Waals surface area (Å²) in [6.45, 7) is 7.59. The highest BCUT2D eigenvalue weighted by Gasteiger charge is 2.28. The van der Waals surface area contributed by atoms with E-state index in [4.69, 9.17) is 9.05 Å². The number of hydrogen-bond acceptors (Lipinski definition) is 3. The Labute approximate surface area is 87.3 Å². The minimum atomic E-state index is -1.83. The number of hydrogen-bond donors (Lipinski definition) is 1. The van der Waals surface area contributed by atoms with Crippen LogP contribution in [0.25, 0.3) is 0 Å². The van der Waals surface area contributed by atoms with Crippen molar-refractivity contribution in [1.29, 1.82) is 0 Å². The van der Waals surface area contributed by atoms with Gasteiger partial charge in [-0.2, -0.15) is 0 Å². The van der Waals surface area contributed by atoms with E-state index in [1.165, 1.54) is 0 Å². The molecule has 0 aromatic carbocycles. The van der Waals surface area contributed by atoms with E-state index in [1.54, 1.807) is 0 Å². The Balaban J connectivity index is 2.59. The van der Waals surface area contributed by atoms with Gasteiger partial charge in [0.25, 0.3) is 0 Å². The van der Waals surface area contributed by atoms with E-state index in [9.17, 15) is 0 Å². The summed E-state index contributed by atoms with van der Waals surface area (Å²) in [6.07, 6.45) is 6.48. The zero-order valence-corrected chi connectivity index (χ0v) is 10.2. The van der Waals surface area contributed by atoms with Gasteiger partial charge in [0.1, 0.15) is 7.34 Å². The molecule has 1 heterocycles. The highest BCUT2D eigenvalue weighted by Crippen LogP contribution is 2.55. The summed E-state index contributed by atoms with van der Waals surface area (Å²) in [6, 6.07) is 0. The van der Waals surface area contributed by atoms with E-state index in [2.05, 4.69) is 11.6 Å². The van der Waals surface area contributed by atoms with Crippen molar-refractivity contribution >= 4 is 13.6 Å². The van der Waals surface area contributed by atoms with Gasteiger partial charge < -0.3 is 14.4 Å². The fourth-order valence-electron chi connectivity index (χ4n) is 1.89. The van der Waals surface area contributed by atoms with Crippen LogP contribution in [0, 0.1) is 0 Å². The lowest BCUT2D eigenvalue weighted by Crippen LogP contribution is -2.31. The third kappa shape index (κ3) is 3.09. The maximum atomic E-state index is 5.76. The van der Waals surface area contributed by atoms with Crippen LogP contribution in [0.3, 0.4) is 0 Å². The molecule has 0 saturated carbocycles. The molecule has 0 amide bonds. The Morgan fingerprint density at radius 3 is 2.14 bits per heavy atom. The third-order valence-electron chi connectivity index (χ3n) is 2.56. The van der Waals surface area contributed by atoms with Gasteiger partial charge in [-0.15, -0.1) is 0 Å². The van der Waals surface area contributed by atoms with Gasteiger partial charge in [0.15, 0.2) is 0 Å². The molecule has 1 aliphatic heterocycles. The third-order valence-corrected chi connectivity index (χ3v) is 5.58. The topological polar surface area (TPSA) is 30.5 Å². The molecule has 4 heteroatoms. The number of nitrogens with one attached hydrogen (secondary N) is 1. The van der Waals surface area contributed by atoms with Crippen molar-refractivity contribution in [3.05, 3.63) is 0 Å². The SMILES string of the molecule is C=P(OCC)(OCC)C1CCNCC1. The van der Waals surface area contributed by atoms with Gasteiger partial charge in [-0.1, -0.05) is 6.30 Å². The average molecular weight is 219 g/mol. The summed E-state index contributed by atoms with van der Waals surface area (Å²) in [5.74, 6) is 0. The lowest BCUT2D eigenvalue weighted by atomic mass is 10.2. The molecule has 3 nitrogen and oxygen atoms in total. The van der Waals surface area contributed by atoms with E-state index < -0.39 is 7.34 Å². The maximum absolute atomic E-state index is 5.76. The predicted molar refractivity (Wildman–Crippen MR) is 63.2 cm³/mol. The number of rotatable bonds is 5. The van der Waals surface area contributed by atoms with Crippen LogP contribution >= 0.6 is 7.34 Å². The van der Waals surface area contributed by atoms with Crippen molar-refractivity contribution < 1.29 is 9.05 Å². The Kier molecular flexibility index (Phi) is 5.18. The fourth-order valence-corrected chi connectivity index (χ4v) is 4.30. The lowest BCUT2D eigenvalue weighted by molar-refractivity contribution is 0.251. The predicted octanol–water partition coefficient (Wildman–Crippen LogP) is 2.09. The van der Waals surface area contributed by atoms with Crippen molar-refractivity contribution in [3.8, 4) is 0 Å². The summed E-state index contributed by atoms with van der Waals surface area (Å²) >= 11 is 0. The highest BCUT2D eigenvalue weighted by atomic mass is 31.2. The lowest BCUT2D eigenvalue weighted by Gasteiger charge is -2.34. The Morgan fingerprint density at radius 1 is 1.21 bits per heavy atom. The maximum Gasteiger partial charge on any atom is 0.120 e. The molecule has 1 fully saturated rings. The van der Waals surface area contributed by atoms with Crippen LogP contribution in [-0.2, 0) is 9.05 Å². The zero-order chi connectivity index (χ0) is 10.4. The van der Waals surface area contributed by atoms with Gasteiger partial charge in [0.2, 0.25) is 0 Å². The van der Waals surface area contributed by atoms with Crippen molar-refractivity contribution in [2.24, 2.45) is 0 Å². The number of piperidine rings is 1. The average Bonchev–Trinajstić information content (AvgIpc) is 2.20. The van der Waals surface area contributed by atoms with Crippen LogP contribution in [0.4, 0.5) is 0 Å². The van der Waals surface area contributed by atoms with Crippen molar-refractivity contribution in [2.75, 3.05) is 26.3 Å². The molecule has 0 aromatic rings. The summed E-state index contributed by atoms with van der Waals surface area (Å²) in [5, 5.41) is 3.35. The first-order valence-corrected chi connectivity index (χ1v) is 7.33. The largest absolute Gasteiger partial charge is 0.338 e. The Bertz CT molecular complexity index is 192. The molecular formula is C10H22NO2P. The molecule has 1 aliphatic rings. The summed E-state index contributed by atoms with van der Waals surface area (Å²) in [7, 11) is -1.83. The first kappa shape index (κ1) is 12.3. The second-order valence-electron chi connectivity index (χ2n) is 3.54. The molecule has 0 atom stereocenters. The van der Waals surface area contributed by atoms with E-state index in [-0.39, 0.29) is 0 Å². The van der Waals surface area contributed by atoms with E-state index in [0.29, 0.717) is 18.9 Å². The van der Waals surface area contributed by atoms with Gasteiger partial charge in [-0.05, 0) is 39.8 Å². The van der Waals surface area contributed by atoms with Crippen LogP contribution < -0.4 is 5.32 Å². The van der Waals surface area contributed by atoms with Gasteiger partial charge >= 0.3 is 0 Å². The molecule has 1 N–H and O–H groups in total. The fraction of sp³-hybridized carbons (Fsp3) is 0.900. The first-order chi connectivity index (χ1) is 6.73. The van der Waals surface area contributed by atoms with Gasteiger partial charge in [0.05, 0.1) is 13.2 Å². The van der Waals surface area contributed by atoms with Crippen LogP contribution in [-0.4, -0.2) is 38.3 Å². The molecule has 84 valence electrons. The molecule has 0 bridgehead atoms. The summed E-state index contributed by atoms with van der Waals surface area (Å²) < 4.78 is 11.5. The smallest absolute Gasteiger partial charge is 0.120 e. The summed E-state index contributed by atoms with van der Waals surface area (Å²) in [4.78, 5) is 0. The molecule has 0 aromatic heterocycles. The minimum absolute atomic E-state index is 0.531. The van der Waals surface area contributed by atoms with Crippen molar-refractivity contribution in [2.45, 2.75) is 32.3 Å². The second kappa shape index (κ2) is 5.92. The molecule has 0 spiro atoms. The molecule has 0 unspecified atom stereocenters. The van der Waals surface area contributed by atoms with Crippen LogP contribution in [0.2, 0.25) is 0 Å². The van der Waals surface area contributed by atoms with E-state index in [1.807, 2.05) is 13.8 Å². The Morgan fingerprint density at radius 2 is 1.71 bits per heavy atom.